The van der Waals surface area contributed by atoms with E-state index in [9.17, 15) is 14.9 Å². The highest BCUT2D eigenvalue weighted by Crippen LogP contribution is 2.28. The van der Waals surface area contributed by atoms with E-state index in [0.29, 0.717) is 17.8 Å². The molecule has 1 amide bonds. The summed E-state index contributed by atoms with van der Waals surface area (Å²) in [4.78, 5) is 25.8. The first kappa shape index (κ1) is 19.7. The maximum atomic E-state index is 12.2. The number of carbonyl (C=O) groups is 1. The molecule has 1 aromatic carbocycles. The zero-order valence-corrected chi connectivity index (χ0v) is 17.0. The van der Waals surface area contributed by atoms with E-state index in [1.54, 1.807) is 54.2 Å². The number of amides is 1. The Kier molecular flexibility index (Phi) is 7.27. The average Bonchev–Trinajstić information content (AvgIpc) is 2.99. The van der Waals surface area contributed by atoms with Crippen LogP contribution in [0.3, 0.4) is 0 Å². The highest BCUT2D eigenvalue weighted by molar-refractivity contribution is 9.11. The molecule has 0 spiro atoms. The van der Waals surface area contributed by atoms with Gasteiger partial charge in [0.25, 0.3) is 11.6 Å². The van der Waals surface area contributed by atoms with Crippen molar-refractivity contribution in [3.8, 4) is 0 Å². The quantitative estimate of drug-likeness (QED) is 0.376. The SMILES string of the molecule is CN(C)c1ccc(C(=O)NCCSCc2ccc(Br)s2)cc1[N+](=O)[O-]. The van der Waals surface area contributed by atoms with Crippen molar-refractivity contribution in [3.63, 3.8) is 0 Å². The highest BCUT2D eigenvalue weighted by atomic mass is 79.9. The van der Waals surface area contributed by atoms with Gasteiger partial charge in [-0.05, 0) is 40.2 Å². The maximum absolute atomic E-state index is 12.2. The van der Waals surface area contributed by atoms with Crippen molar-refractivity contribution < 1.29 is 9.72 Å². The van der Waals surface area contributed by atoms with Gasteiger partial charge in [-0.15, -0.1) is 11.3 Å². The predicted molar refractivity (Wildman–Crippen MR) is 108 cm³/mol. The Bertz CT molecular complexity index is 765. The van der Waals surface area contributed by atoms with Crippen LogP contribution in [0.15, 0.2) is 34.1 Å². The minimum atomic E-state index is -0.471. The molecule has 25 heavy (non-hydrogen) atoms. The number of nitro benzene ring substituents is 1. The Balaban J connectivity index is 1.86. The smallest absolute Gasteiger partial charge is 0.293 e. The normalized spacial score (nSPS) is 10.5. The third-order valence-electron chi connectivity index (χ3n) is 3.32. The van der Waals surface area contributed by atoms with Crippen molar-refractivity contribution in [3.05, 3.63) is 54.7 Å². The number of nitrogens with one attached hydrogen (secondary N) is 1. The Labute approximate surface area is 162 Å². The lowest BCUT2D eigenvalue weighted by atomic mass is 10.1. The number of nitro groups is 1. The molecule has 2 aromatic rings. The second-order valence-electron chi connectivity index (χ2n) is 5.37. The van der Waals surface area contributed by atoms with Gasteiger partial charge in [0.1, 0.15) is 5.69 Å². The Morgan fingerprint density at radius 1 is 1.36 bits per heavy atom. The summed E-state index contributed by atoms with van der Waals surface area (Å²) in [5.41, 5.74) is 0.694. The van der Waals surface area contributed by atoms with E-state index >= 15 is 0 Å². The number of benzene rings is 1. The molecule has 0 saturated heterocycles. The van der Waals surface area contributed by atoms with Crippen LogP contribution in [-0.4, -0.2) is 37.2 Å². The van der Waals surface area contributed by atoms with E-state index in [1.807, 2.05) is 6.07 Å². The summed E-state index contributed by atoms with van der Waals surface area (Å²) in [6.45, 7) is 0.513. The predicted octanol–water partition coefficient (Wildman–Crippen LogP) is 4.15. The van der Waals surface area contributed by atoms with Crippen molar-refractivity contribution in [1.82, 2.24) is 5.32 Å². The van der Waals surface area contributed by atoms with Gasteiger partial charge >= 0.3 is 0 Å². The van der Waals surface area contributed by atoms with E-state index in [1.165, 1.54) is 10.9 Å². The first-order valence-electron chi connectivity index (χ1n) is 7.44. The molecular weight excluding hydrogens is 426 g/mol. The first-order valence-corrected chi connectivity index (χ1v) is 10.2. The maximum Gasteiger partial charge on any atom is 0.293 e. The van der Waals surface area contributed by atoms with Gasteiger partial charge < -0.3 is 10.2 Å². The second-order valence-corrected chi connectivity index (χ2v) is 9.02. The number of halogens is 1. The fourth-order valence-electron chi connectivity index (χ4n) is 2.13. The number of thiophene rings is 1. The number of hydrogen-bond donors (Lipinski definition) is 1. The lowest BCUT2D eigenvalue weighted by Gasteiger charge is -2.13. The van der Waals surface area contributed by atoms with Crippen LogP contribution >= 0.6 is 39.0 Å². The molecule has 0 aliphatic carbocycles. The van der Waals surface area contributed by atoms with Crippen molar-refractivity contribution in [1.29, 1.82) is 0 Å². The summed E-state index contributed by atoms with van der Waals surface area (Å²) in [5, 5.41) is 14.0. The number of thioether (sulfide) groups is 1. The zero-order chi connectivity index (χ0) is 18.4. The summed E-state index contributed by atoms with van der Waals surface area (Å²) < 4.78 is 1.11. The molecule has 0 aliphatic rings. The van der Waals surface area contributed by atoms with Gasteiger partial charge in [0.05, 0.1) is 8.71 Å². The molecule has 0 saturated carbocycles. The van der Waals surface area contributed by atoms with Gasteiger partial charge in [-0.25, -0.2) is 0 Å². The minimum absolute atomic E-state index is 0.0738. The molecule has 1 aromatic heterocycles. The third kappa shape index (κ3) is 5.72. The van der Waals surface area contributed by atoms with Gasteiger partial charge in [0.15, 0.2) is 0 Å². The van der Waals surface area contributed by atoms with Crippen LogP contribution in [0.1, 0.15) is 15.2 Å². The summed E-state index contributed by atoms with van der Waals surface area (Å²) in [5.74, 6) is 1.38. The van der Waals surface area contributed by atoms with Gasteiger partial charge in [-0.1, -0.05) is 0 Å². The number of carbonyl (C=O) groups excluding carboxylic acids is 1. The van der Waals surface area contributed by atoms with E-state index < -0.39 is 4.92 Å². The standard InChI is InChI=1S/C16H18BrN3O3S2/c1-19(2)13-5-3-11(9-14(13)20(22)23)16(21)18-7-8-24-10-12-4-6-15(17)25-12/h3-6,9H,7-8,10H2,1-2H3,(H,18,21). The van der Waals surface area contributed by atoms with Crippen LogP contribution in [0.25, 0.3) is 0 Å². The zero-order valence-electron chi connectivity index (χ0n) is 13.8. The summed E-state index contributed by atoms with van der Waals surface area (Å²) in [6.07, 6.45) is 0. The van der Waals surface area contributed by atoms with E-state index in [2.05, 4.69) is 27.3 Å². The van der Waals surface area contributed by atoms with Crippen LogP contribution in [-0.2, 0) is 5.75 Å². The van der Waals surface area contributed by atoms with Crippen LogP contribution in [0, 0.1) is 10.1 Å². The van der Waals surface area contributed by atoms with E-state index in [0.717, 1.165) is 15.3 Å². The summed E-state index contributed by atoms with van der Waals surface area (Å²) in [7, 11) is 3.46. The van der Waals surface area contributed by atoms with Gasteiger partial charge in [-0.2, -0.15) is 11.8 Å². The highest BCUT2D eigenvalue weighted by Gasteiger charge is 2.18. The molecule has 0 radical (unpaired) electrons. The third-order valence-corrected chi connectivity index (χ3v) is 6.14. The van der Waals surface area contributed by atoms with Crippen LogP contribution in [0.5, 0.6) is 0 Å². The fraction of sp³-hybridized carbons (Fsp3) is 0.312. The molecule has 0 fully saturated rings. The molecule has 1 heterocycles. The Morgan fingerprint density at radius 3 is 2.72 bits per heavy atom. The van der Waals surface area contributed by atoms with Crippen molar-refractivity contribution >= 4 is 56.3 Å². The lowest BCUT2D eigenvalue weighted by Crippen LogP contribution is -2.26. The molecule has 0 unspecified atom stereocenters. The Morgan fingerprint density at radius 2 is 2.12 bits per heavy atom. The van der Waals surface area contributed by atoms with Crippen LogP contribution in [0.2, 0.25) is 0 Å². The number of hydrogen-bond acceptors (Lipinski definition) is 6. The van der Waals surface area contributed by atoms with Gasteiger partial charge in [0.2, 0.25) is 0 Å². The van der Waals surface area contributed by atoms with Crippen LogP contribution < -0.4 is 10.2 Å². The van der Waals surface area contributed by atoms with Crippen molar-refractivity contribution in [2.24, 2.45) is 0 Å². The number of rotatable bonds is 8. The molecule has 0 atom stereocenters. The molecule has 2 rings (SSSR count). The largest absolute Gasteiger partial charge is 0.372 e. The number of anilines is 1. The van der Waals surface area contributed by atoms with Crippen molar-refractivity contribution in [2.75, 3.05) is 31.3 Å². The summed E-state index contributed by atoms with van der Waals surface area (Å²) >= 11 is 6.86. The second kappa shape index (κ2) is 9.21. The summed E-state index contributed by atoms with van der Waals surface area (Å²) in [6, 6.07) is 8.61. The van der Waals surface area contributed by atoms with Gasteiger partial charge in [-0.3, -0.25) is 14.9 Å². The van der Waals surface area contributed by atoms with E-state index in [4.69, 9.17) is 0 Å². The van der Waals surface area contributed by atoms with Crippen LogP contribution in [0.4, 0.5) is 11.4 Å². The van der Waals surface area contributed by atoms with Gasteiger partial charge in [0, 0.05) is 48.7 Å². The molecular formula is C16H18BrN3O3S2. The average molecular weight is 444 g/mol. The van der Waals surface area contributed by atoms with E-state index in [-0.39, 0.29) is 11.6 Å². The number of nitrogens with zero attached hydrogens (tertiary/aromatic N) is 2. The molecule has 134 valence electrons. The monoisotopic (exact) mass is 443 g/mol. The van der Waals surface area contributed by atoms with Crippen molar-refractivity contribution in [2.45, 2.75) is 5.75 Å². The first-order chi connectivity index (χ1) is 11.9. The Hall–Kier alpha value is -1.58. The topological polar surface area (TPSA) is 75.5 Å². The fourth-order valence-corrected chi connectivity index (χ4v) is 4.58. The molecule has 6 nitrogen and oxygen atoms in total. The molecule has 9 heteroatoms. The molecule has 1 N–H and O–H groups in total. The minimum Gasteiger partial charge on any atom is -0.372 e. The molecule has 0 aliphatic heterocycles. The lowest BCUT2D eigenvalue weighted by molar-refractivity contribution is -0.384. The molecule has 0 bridgehead atoms.